The molecule has 0 atom stereocenters. The van der Waals surface area contributed by atoms with Crippen LogP contribution in [0.2, 0.25) is 0 Å². The van der Waals surface area contributed by atoms with Crippen LogP contribution in [-0.2, 0) is 16.1 Å². The van der Waals surface area contributed by atoms with Gasteiger partial charge in [-0.2, -0.15) is 5.10 Å². The summed E-state index contributed by atoms with van der Waals surface area (Å²) in [6, 6.07) is 15.0. The third-order valence-corrected chi connectivity index (χ3v) is 4.92. The number of carbonyl (C=O) groups is 2. The van der Waals surface area contributed by atoms with E-state index in [0.29, 0.717) is 22.8 Å². The smallest absolute Gasteiger partial charge is 0.341 e. The Kier molecular flexibility index (Phi) is 6.45. The monoisotopic (exact) mass is 442 g/mol. The number of ether oxygens (including phenoxy) is 1. The molecule has 166 valence electrons. The van der Waals surface area contributed by atoms with Crippen molar-refractivity contribution in [3.8, 4) is 16.9 Å². The summed E-state index contributed by atoms with van der Waals surface area (Å²) in [6.45, 7) is 1.81. The Morgan fingerprint density at radius 1 is 1.18 bits per heavy atom. The van der Waals surface area contributed by atoms with Crippen LogP contribution in [0, 0.1) is 6.92 Å². The number of hydrogen-bond donors (Lipinski definition) is 1. The lowest BCUT2D eigenvalue weighted by atomic mass is 10.1. The number of esters is 1. The predicted molar refractivity (Wildman–Crippen MR) is 122 cm³/mol. The zero-order chi connectivity index (χ0) is 23.2. The molecule has 0 aliphatic carbocycles. The second-order valence-corrected chi connectivity index (χ2v) is 7.18. The zero-order valence-electron chi connectivity index (χ0n) is 18.2. The number of benzene rings is 1. The lowest BCUT2D eigenvalue weighted by Gasteiger charge is -2.00. The van der Waals surface area contributed by atoms with Crippen LogP contribution in [0.1, 0.15) is 27.4 Å². The Hall–Kier alpha value is -4.46. The predicted octanol–water partition coefficient (Wildman–Crippen LogP) is 3.95. The average molecular weight is 442 g/mol. The lowest BCUT2D eigenvalue weighted by Crippen LogP contribution is -2.19. The second kappa shape index (κ2) is 9.78. The first-order chi connectivity index (χ1) is 16.0. The van der Waals surface area contributed by atoms with Gasteiger partial charge in [0.05, 0.1) is 19.3 Å². The lowest BCUT2D eigenvalue weighted by molar-refractivity contribution is -0.116. The number of carbonyl (C=O) groups excluding carboxylic acids is 2. The molecule has 33 heavy (non-hydrogen) atoms. The largest absolute Gasteiger partial charge is 0.465 e. The fourth-order valence-electron chi connectivity index (χ4n) is 3.29. The number of methoxy groups -OCH3 is 1. The molecule has 3 aromatic heterocycles. The Morgan fingerprint density at radius 2 is 2.00 bits per heavy atom. The molecule has 0 radical (unpaired) electrons. The number of aryl methyl sites for hydroxylation is 1. The molecule has 0 fully saturated rings. The van der Waals surface area contributed by atoms with Crippen LogP contribution in [0.15, 0.2) is 77.6 Å². The number of aromatic nitrogens is 3. The van der Waals surface area contributed by atoms with E-state index in [9.17, 15) is 9.59 Å². The van der Waals surface area contributed by atoms with E-state index >= 15 is 0 Å². The number of nitrogens with one attached hydrogen (secondary N) is 1. The Bertz CT molecular complexity index is 1290. The van der Waals surface area contributed by atoms with Crippen molar-refractivity contribution in [3.63, 3.8) is 0 Å². The molecule has 1 N–H and O–H groups in total. The van der Waals surface area contributed by atoms with E-state index in [1.54, 1.807) is 36.1 Å². The Morgan fingerprint density at radius 3 is 2.73 bits per heavy atom. The van der Waals surface area contributed by atoms with E-state index < -0.39 is 5.97 Å². The molecule has 4 aromatic rings. The number of furan rings is 1. The second-order valence-electron chi connectivity index (χ2n) is 7.18. The van der Waals surface area contributed by atoms with Gasteiger partial charge in [-0.05, 0) is 43.3 Å². The normalized spacial score (nSPS) is 11.0. The summed E-state index contributed by atoms with van der Waals surface area (Å²) in [5.74, 6) is 0.110. The molecular weight excluding hydrogens is 420 g/mol. The molecule has 1 amide bonds. The molecule has 4 rings (SSSR count). The fraction of sp³-hybridized carbons (Fsp3) is 0.120. The first kappa shape index (κ1) is 21.8. The van der Waals surface area contributed by atoms with Gasteiger partial charge in [-0.3, -0.25) is 9.78 Å². The maximum Gasteiger partial charge on any atom is 0.341 e. The number of hydrogen-bond acceptors (Lipinski definition) is 6. The molecule has 0 saturated carbocycles. The van der Waals surface area contributed by atoms with Gasteiger partial charge < -0.3 is 14.5 Å². The molecule has 0 spiro atoms. The summed E-state index contributed by atoms with van der Waals surface area (Å²) in [5, 5.41) is 7.45. The van der Waals surface area contributed by atoms with Crippen LogP contribution in [0.3, 0.4) is 0 Å². The van der Waals surface area contributed by atoms with Gasteiger partial charge in [0.25, 0.3) is 0 Å². The minimum absolute atomic E-state index is 0.139. The number of rotatable bonds is 7. The minimum Gasteiger partial charge on any atom is -0.465 e. The van der Waals surface area contributed by atoms with Gasteiger partial charge in [-0.25, -0.2) is 9.48 Å². The Balaban J connectivity index is 1.52. The van der Waals surface area contributed by atoms with Crippen LogP contribution in [0.5, 0.6) is 0 Å². The van der Waals surface area contributed by atoms with Crippen molar-refractivity contribution in [1.29, 1.82) is 0 Å². The van der Waals surface area contributed by atoms with Gasteiger partial charge in [0.2, 0.25) is 5.91 Å². The minimum atomic E-state index is -0.480. The highest BCUT2D eigenvalue weighted by Gasteiger charge is 2.15. The third-order valence-electron chi connectivity index (χ3n) is 4.92. The molecular formula is C25H22N4O4. The van der Waals surface area contributed by atoms with Gasteiger partial charge in [0.1, 0.15) is 22.8 Å². The number of amides is 1. The number of pyridine rings is 1. The fourth-order valence-corrected chi connectivity index (χ4v) is 3.29. The molecule has 3 heterocycles. The molecule has 0 aliphatic heterocycles. The quantitative estimate of drug-likeness (QED) is 0.344. The first-order valence-electron chi connectivity index (χ1n) is 10.2. The maximum absolute atomic E-state index is 12.4. The van der Waals surface area contributed by atoms with Crippen molar-refractivity contribution in [3.05, 3.63) is 95.8 Å². The van der Waals surface area contributed by atoms with Crippen LogP contribution >= 0.6 is 0 Å². The van der Waals surface area contributed by atoms with Crippen molar-refractivity contribution in [2.24, 2.45) is 0 Å². The van der Waals surface area contributed by atoms with Crippen LogP contribution in [-0.4, -0.2) is 33.8 Å². The van der Waals surface area contributed by atoms with Gasteiger partial charge >= 0.3 is 5.97 Å². The van der Waals surface area contributed by atoms with E-state index in [1.165, 1.54) is 13.2 Å². The van der Waals surface area contributed by atoms with Gasteiger partial charge in [0.15, 0.2) is 0 Å². The van der Waals surface area contributed by atoms with Crippen LogP contribution in [0.4, 0.5) is 0 Å². The molecule has 8 heteroatoms. The van der Waals surface area contributed by atoms with Gasteiger partial charge in [-0.1, -0.05) is 18.2 Å². The topological polar surface area (TPSA) is 99.2 Å². The molecule has 0 unspecified atom stereocenters. The zero-order valence-corrected chi connectivity index (χ0v) is 18.2. The van der Waals surface area contributed by atoms with E-state index in [4.69, 9.17) is 14.3 Å². The summed E-state index contributed by atoms with van der Waals surface area (Å²) in [5.41, 5.74) is 3.56. The van der Waals surface area contributed by atoms with Crippen LogP contribution < -0.4 is 5.32 Å². The van der Waals surface area contributed by atoms with Gasteiger partial charge in [0, 0.05) is 35.8 Å². The summed E-state index contributed by atoms with van der Waals surface area (Å²) < 4.78 is 12.0. The van der Waals surface area contributed by atoms with E-state index in [-0.39, 0.29) is 12.5 Å². The molecule has 0 bridgehead atoms. The summed E-state index contributed by atoms with van der Waals surface area (Å²) in [4.78, 5) is 28.3. The third kappa shape index (κ3) is 5.07. The summed E-state index contributed by atoms with van der Waals surface area (Å²) >= 11 is 0. The van der Waals surface area contributed by atoms with Crippen molar-refractivity contribution >= 4 is 18.0 Å². The van der Waals surface area contributed by atoms with Crippen molar-refractivity contribution in [2.75, 3.05) is 7.11 Å². The van der Waals surface area contributed by atoms with Crippen molar-refractivity contribution in [2.45, 2.75) is 13.5 Å². The molecule has 8 nitrogen and oxygen atoms in total. The first-order valence-corrected chi connectivity index (χ1v) is 10.2. The highest BCUT2D eigenvalue weighted by Crippen LogP contribution is 2.24. The van der Waals surface area contributed by atoms with E-state index in [2.05, 4.69) is 10.3 Å². The SMILES string of the molecule is COC(=O)c1cc(CNC(=O)C=Cc2cn(-c3ccccc3)nc2-c2cccnc2)oc1C. The summed E-state index contributed by atoms with van der Waals surface area (Å²) in [7, 11) is 1.31. The Labute approximate surface area is 190 Å². The van der Waals surface area contributed by atoms with Crippen molar-refractivity contribution < 1.29 is 18.7 Å². The number of para-hydroxylation sites is 1. The van der Waals surface area contributed by atoms with Crippen LogP contribution in [0.25, 0.3) is 23.0 Å². The highest BCUT2D eigenvalue weighted by atomic mass is 16.5. The summed E-state index contributed by atoms with van der Waals surface area (Å²) in [6.07, 6.45) is 8.43. The van der Waals surface area contributed by atoms with Gasteiger partial charge in [-0.15, -0.1) is 0 Å². The number of nitrogens with zero attached hydrogens (tertiary/aromatic N) is 3. The van der Waals surface area contributed by atoms with E-state index in [1.807, 2.05) is 48.7 Å². The maximum atomic E-state index is 12.4. The molecule has 1 aromatic carbocycles. The molecule has 0 saturated heterocycles. The average Bonchev–Trinajstić information content (AvgIpc) is 3.45. The van der Waals surface area contributed by atoms with Crippen molar-refractivity contribution in [1.82, 2.24) is 20.1 Å². The molecule has 0 aliphatic rings. The standard InChI is InChI=1S/C25H22N4O4/c1-17-22(25(31)32-2)13-21(33-17)15-27-23(30)11-10-19-16-29(20-8-4-3-5-9-20)28-24(19)18-7-6-12-26-14-18/h3-14,16H,15H2,1-2H3,(H,27,30). The van der Waals surface area contributed by atoms with E-state index in [0.717, 1.165) is 16.8 Å². The highest BCUT2D eigenvalue weighted by molar-refractivity contribution is 5.93.